The van der Waals surface area contributed by atoms with Gasteiger partial charge in [-0.15, -0.1) is 0 Å². The van der Waals surface area contributed by atoms with E-state index in [1.165, 1.54) is 0 Å². The number of hydrogen-bond donors (Lipinski definition) is 0. The summed E-state index contributed by atoms with van der Waals surface area (Å²) in [6, 6.07) is 2.85. The van der Waals surface area contributed by atoms with Gasteiger partial charge in [0.25, 0.3) is 0 Å². The van der Waals surface area contributed by atoms with Crippen molar-refractivity contribution in [3.05, 3.63) is 5.21 Å². The molecule has 1 aliphatic heterocycles. The van der Waals surface area contributed by atoms with Gasteiger partial charge in [0.2, 0.25) is 0 Å². The molecule has 0 aliphatic carbocycles. The van der Waals surface area contributed by atoms with Crippen molar-refractivity contribution in [2.45, 2.75) is 51.9 Å². The maximum Gasteiger partial charge on any atom is 0.408 e. The van der Waals surface area contributed by atoms with Gasteiger partial charge in [0.1, 0.15) is 0 Å². The molecule has 19 heavy (non-hydrogen) atoms. The lowest BCUT2D eigenvalue weighted by Gasteiger charge is -2.30. The van der Waals surface area contributed by atoms with Crippen LogP contribution in [0.25, 0.3) is 0 Å². The average Bonchev–Trinajstić information content (AvgIpc) is 2.77. The van der Waals surface area contributed by atoms with E-state index in [0.29, 0.717) is 0 Å². The Morgan fingerprint density at radius 2 is 1.95 bits per heavy atom. The number of rotatable bonds is 7. The molecule has 110 valence electrons. The molecule has 1 heterocycles. The van der Waals surface area contributed by atoms with Gasteiger partial charge in [-0.25, -0.2) is 4.79 Å². The zero-order valence-electron chi connectivity index (χ0n) is 12.1. The maximum atomic E-state index is 11.8. The third kappa shape index (κ3) is 3.47. The number of hydrogen-bond acceptors (Lipinski definition) is 5. The molecule has 0 saturated carbocycles. The van der Waals surface area contributed by atoms with E-state index in [1.54, 1.807) is 6.92 Å². The van der Waals surface area contributed by atoms with Crippen molar-refractivity contribution in [2.75, 3.05) is 13.2 Å². The van der Waals surface area contributed by atoms with Crippen molar-refractivity contribution in [1.82, 2.24) is 0 Å². The summed E-state index contributed by atoms with van der Waals surface area (Å²) in [5.41, 5.74) is -0.0610. The van der Waals surface area contributed by atoms with E-state index in [1.807, 2.05) is 0 Å². The Morgan fingerprint density at radius 3 is 2.42 bits per heavy atom. The summed E-state index contributed by atoms with van der Waals surface area (Å²) in [6.45, 7) is 8.28. The summed E-state index contributed by atoms with van der Waals surface area (Å²) >= 11 is 0. The zero-order chi connectivity index (χ0) is 14.5. The van der Waals surface area contributed by atoms with Gasteiger partial charge in [-0.05, 0) is 25.1 Å². The fraction of sp³-hybridized carbons (Fsp3) is 0.833. The van der Waals surface area contributed by atoms with Crippen LogP contribution < -0.4 is 0 Å². The third-order valence-corrected chi connectivity index (χ3v) is 8.31. The standard InChI is InChI=1S/C12H23NO5Si/c1-5-16-12(14)11-10(9-17-13(11)15)18-19(6-2,7-3)8-4/h10H,5-9H2,1-4H3. The summed E-state index contributed by atoms with van der Waals surface area (Å²) in [7, 11) is -1.90. The second-order valence-corrected chi connectivity index (χ2v) is 9.23. The monoisotopic (exact) mass is 289 g/mol. The van der Waals surface area contributed by atoms with E-state index in [4.69, 9.17) is 14.0 Å². The van der Waals surface area contributed by atoms with Crippen molar-refractivity contribution < 1.29 is 23.7 Å². The molecule has 0 amide bonds. The number of carbonyl (C=O) groups is 1. The predicted octanol–water partition coefficient (Wildman–Crippen LogP) is 1.84. The molecule has 0 aromatic carbocycles. The van der Waals surface area contributed by atoms with Gasteiger partial charge in [0.05, 0.1) is 18.1 Å². The van der Waals surface area contributed by atoms with E-state index < -0.39 is 20.4 Å². The molecule has 0 fully saturated rings. The van der Waals surface area contributed by atoms with Crippen LogP contribution in [0.2, 0.25) is 18.1 Å². The predicted molar refractivity (Wildman–Crippen MR) is 73.3 cm³/mol. The minimum absolute atomic E-state index is 0.0610. The van der Waals surface area contributed by atoms with Gasteiger partial charge in [-0.3, -0.25) is 5.21 Å². The van der Waals surface area contributed by atoms with Crippen LogP contribution >= 0.6 is 0 Å². The molecule has 7 heteroatoms. The number of esters is 1. The molecular weight excluding hydrogens is 266 g/mol. The highest BCUT2D eigenvalue weighted by Crippen LogP contribution is 2.25. The summed E-state index contributed by atoms with van der Waals surface area (Å²) in [5.74, 6) is -0.647. The first-order valence-electron chi connectivity index (χ1n) is 6.85. The quantitative estimate of drug-likeness (QED) is 0.406. The van der Waals surface area contributed by atoms with E-state index >= 15 is 0 Å². The van der Waals surface area contributed by atoms with Crippen LogP contribution in [0.4, 0.5) is 0 Å². The van der Waals surface area contributed by atoms with E-state index in [0.717, 1.165) is 18.1 Å². The van der Waals surface area contributed by atoms with Gasteiger partial charge in [-0.1, -0.05) is 20.8 Å². The molecule has 1 unspecified atom stereocenters. The first-order chi connectivity index (χ1) is 9.03. The largest absolute Gasteiger partial charge is 0.458 e. The molecule has 0 spiro atoms. The maximum absolute atomic E-state index is 11.8. The number of ether oxygens (including phenoxy) is 1. The Bertz CT molecular complexity index is 346. The Kier molecular flexibility index (Phi) is 5.80. The summed E-state index contributed by atoms with van der Waals surface area (Å²) in [4.78, 5) is 16.9. The molecule has 6 nitrogen and oxygen atoms in total. The van der Waals surface area contributed by atoms with Gasteiger partial charge >= 0.3 is 11.7 Å². The van der Waals surface area contributed by atoms with E-state index in [9.17, 15) is 10.0 Å². The summed E-state index contributed by atoms with van der Waals surface area (Å²) in [5, 5.41) is 11.5. The fourth-order valence-electron chi connectivity index (χ4n) is 2.20. The van der Waals surface area contributed by atoms with Crippen LogP contribution in [0.1, 0.15) is 27.7 Å². The summed E-state index contributed by atoms with van der Waals surface area (Å²) in [6.07, 6.45) is -0.594. The lowest BCUT2D eigenvalue weighted by molar-refractivity contribution is -0.730. The molecule has 1 atom stereocenters. The minimum Gasteiger partial charge on any atom is -0.458 e. The third-order valence-electron chi connectivity index (χ3n) is 3.65. The van der Waals surface area contributed by atoms with Gasteiger partial charge < -0.3 is 14.0 Å². The first-order valence-corrected chi connectivity index (χ1v) is 9.38. The molecule has 1 aliphatic rings. The molecule has 0 bridgehead atoms. The van der Waals surface area contributed by atoms with Crippen LogP contribution in [0.15, 0.2) is 0 Å². The van der Waals surface area contributed by atoms with Crippen LogP contribution in [-0.4, -0.2) is 44.2 Å². The smallest absolute Gasteiger partial charge is 0.408 e. The highest BCUT2D eigenvalue weighted by Gasteiger charge is 2.44. The van der Waals surface area contributed by atoms with Crippen molar-refractivity contribution >= 4 is 20.0 Å². The first kappa shape index (κ1) is 16.0. The SMILES string of the molecule is CCOC(=O)C1=[N+]([O-])OCC1O[Si](CC)(CC)CC. The molecule has 1 rings (SSSR count). The van der Waals surface area contributed by atoms with Crippen molar-refractivity contribution in [3.8, 4) is 0 Å². The highest BCUT2D eigenvalue weighted by molar-refractivity contribution is 6.73. The Balaban J connectivity index is 2.86. The lowest BCUT2D eigenvalue weighted by atomic mass is 10.2. The van der Waals surface area contributed by atoms with Crippen LogP contribution in [0.3, 0.4) is 0 Å². The second kappa shape index (κ2) is 6.90. The fourth-order valence-corrected chi connectivity index (χ4v) is 4.99. The highest BCUT2D eigenvalue weighted by atomic mass is 28.4. The number of nitrogens with zero attached hydrogens (tertiary/aromatic N) is 1. The van der Waals surface area contributed by atoms with Crippen LogP contribution in [-0.2, 0) is 18.8 Å². The minimum atomic E-state index is -1.90. The molecule has 0 radical (unpaired) electrons. The second-order valence-electron chi connectivity index (χ2n) is 4.51. The molecule has 0 aromatic heterocycles. The zero-order valence-corrected chi connectivity index (χ0v) is 13.1. The number of carbonyl (C=O) groups excluding carboxylic acids is 1. The Labute approximate surface area is 115 Å². The molecule has 0 saturated heterocycles. The lowest BCUT2D eigenvalue weighted by Crippen LogP contribution is -2.45. The average molecular weight is 289 g/mol. The molecule has 0 N–H and O–H groups in total. The summed E-state index contributed by atoms with van der Waals surface area (Å²) < 4.78 is 11.0. The van der Waals surface area contributed by atoms with Crippen molar-refractivity contribution in [3.63, 3.8) is 0 Å². The Morgan fingerprint density at radius 1 is 1.37 bits per heavy atom. The van der Waals surface area contributed by atoms with E-state index in [-0.39, 0.29) is 23.8 Å². The van der Waals surface area contributed by atoms with Gasteiger partial charge in [0.15, 0.2) is 14.4 Å². The van der Waals surface area contributed by atoms with E-state index in [2.05, 4.69) is 20.8 Å². The topological polar surface area (TPSA) is 70.8 Å². The van der Waals surface area contributed by atoms with Gasteiger partial charge in [0, 0.05) is 0 Å². The van der Waals surface area contributed by atoms with Crippen LogP contribution in [0, 0.1) is 5.21 Å². The molecular formula is C12H23NO5Si. The van der Waals surface area contributed by atoms with Crippen molar-refractivity contribution in [2.24, 2.45) is 0 Å². The van der Waals surface area contributed by atoms with Crippen LogP contribution in [0.5, 0.6) is 0 Å². The molecule has 0 aromatic rings. The van der Waals surface area contributed by atoms with Crippen molar-refractivity contribution in [1.29, 1.82) is 0 Å². The van der Waals surface area contributed by atoms with Gasteiger partial charge in [-0.2, -0.15) is 0 Å². The Hall–Kier alpha value is -1.08. The normalized spacial score (nSPS) is 19.5.